The summed E-state index contributed by atoms with van der Waals surface area (Å²) in [5.41, 5.74) is 0. The maximum Gasteiger partial charge on any atom is 0.153 e. The van der Waals surface area contributed by atoms with E-state index in [0.29, 0.717) is 12.2 Å². The molecule has 0 spiro atoms. The number of hydrogen-bond donors (Lipinski definition) is 0. The number of ketones is 1. The molecule has 1 heterocycles. The summed E-state index contributed by atoms with van der Waals surface area (Å²) in [7, 11) is -2.37. The SMILES string of the molecule is CC1=C([Si](c2ccccc2)(c2ccccc2)C(C)(C)C)CC(CC(=O)C2CCCCC2)O1. The van der Waals surface area contributed by atoms with Crippen LogP contribution < -0.4 is 10.4 Å². The zero-order chi connectivity index (χ0) is 22.8. The fourth-order valence-corrected chi connectivity index (χ4v) is 12.5. The molecule has 0 aromatic heterocycles. The molecule has 0 bridgehead atoms. The average Bonchev–Trinajstić information content (AvgIpc) is 3.15. The van der Waals surface area contributed by atoms with Gasteiger partial charge in [0.05, 0.1) is 5.76 Å². The van der Waals surface area contributed by atoms with Crippen molar-refractivity contribution in [3.05, 3.63) is 71.6 Å². The number of ether oxygens (including phenoxy) is 1. The van der Waals surface area contributed by atoms with E-state index in [1.54, 1.807) is 0 Å². The molecule has 32 heavy (non-hydrogen) atoms. The van der Waals surface area contributed by atoms with E-state index < -0.39 is 8.07 Å². The fourth-order valence-electron chi connectivity index (χ4n) is 6.29. The maximum absolute atomic E-state index is 13.1. The number of Topliss-reactive ketones (excluding diaryl/α,β-unsaturated/α-hetero) is 1. The third-order valence-electron chi connectivity index (χ3n) is 7.68. The molecule has 0 radical (unpaired) electrons. The number of benzene rings is 2. The van der Waals surface area contributed by atoms with Crippen LogP contribution in [0, 0.1) is 5.92 Å². The molecule has 0 N–H and O–H groups in total. The number of rotatable bonds is 6. The predicted octanol–water partition coefficient (Wildman–Crippen LogP) is 6.19. The topological polar surface area (TPSA) is 26.3 Å². The van der Waals surface area contributed by atoms with Crippen LogP contribution in [0.25, 0.3) is 0 Å². The van der Waals surface area contributed by atoms with Gasteiger partial charge >= 0.3 is 0 Å². The Bertz CT molecular complexity index is 910. The normalized spacial score (nSPS) is 20.3. The van der Waals surface area contributed by atoms with Gasteiger partial charge in [-0.3, -0.25) is 4.79 Å². The van der Waals surface area contributed by atoms with Crippen LogP contribution in [0.15, 0.2) is 71.6 Å². The van der Waals surface area contributed by atoms with Crippen molar-refractivity contribution in [2.24, 2.45) is 5.92 Å². The van der Waals surface area contributed by atoms with Gasteiger partial charge in [0.25, 0.3) is 0 Å². The summed E-state index contributed by atoms with van der Waals surface area (Å²) in [6.07, 6.45) is 7.24. The van der Waals surface area contributed by atoms with E-state index in [1.165, 1.54) is 34.8 Å². The van der Waals surface area contributed by atoms with Gasteiger partial charge in [0.1, 0.15) is 11.9 Å². The van der Waals surface area contributed by atoms with Gasteiger partial charge in [0.15, 0.2) is 8.07 Å². The van der Waals surface area contributed by atoms with Crippen LogP contribution in [0.3, 0.4) is 0 Å². The highest BCUT2D eigenvalue weighted by molar-refractivity contribution is 7.09. The quantitative estimate of drug-likeness (QED) is 0.494. The highest BCUT2D eigenvalue weighted by Crippen LogP contribution is 2.46. The molecule has 1 saturated carbocycles. The monoisotopic (exact) mass is 446 g/mol. The lowest BCUT2D eigenvalue weighted by Gasteiger charge is -2.45. The van der Waals surface area contributed by atoms with Crippen LogP contribution in [0.4, 0.5) is 0 Å². The number of carbonyl (C=O) groups is 1. The molecule has 1 fully saturated rings. The molecule has 170 valence electrons. The number of hydrogen-bond acceptors (Lipinski definition) is 2. The molecule has 2 aromatic carbocycles. The number of carbonyl (C=O) groups excluding carboxylic acids is 1. The molecule has 0 amide bonds. The molecule has 1 unspecified atom stereocenters. The van der Waals surface area contributed by atoms with Gasteiger partial charge in [-0.05, 0) is 40.4 Å². The molecular weight excluding hydrogens is 408 g/mol. The van der Waals surface area contributed by atoms with Crippen LogP contribution in [0.5, 0.6) is 0 Å². The van der Waals surface area contributed by atoms with Crippen molar-refractivity contribution in [1.29, 1.82) is 0 Å². The highest BCUT2D eigenvalue weighted by atomic mass is 28.3. The standard InChI is InChI=1S/C29H38O2Si/c1-22-28(21-24(31-22)20-27(30)23-14-8-5-9-15-23)32(29(2,3)4,25-16-10-6-11-17-25)26-18-12-7-13-19-26/h6-7,10-13,16-19,23-24H,5,8-9,14-15,20-21H2,1-4H3. The minimum atomic E-state index is -2.37. The van der Waals surface area contributed by atoms with Gasteiger partial charge < -0.3 is 4.74 Å². The second-order valence-corrected chi connectivity index (χ2v) is 15.5. The second kappa shape index (κ2) is 9.39. The van der Waals surface area contributed by atoms with E-state index in [1.807, 2.05) is 0 Å². The summed E-state index contributed by atoms with van der Waals surface area (Å²) < 4.78 is 6.47. The lowest BCUT2D eigenvalue weighted by molar-refractivity contribution is -0.125. The summed E-state index contributed by atoms with van der Waals surface area (Å²) in [6.45, 7) is 9.31. The van der Waals surface area contributed by atoms with Gasteiger partial charge in [-0.15, -0.1) is 0 Å². The Morgan fingerprint density at radius 3 is 1.94 bits per heavy atom. The zero-order valence-corrected chi connectivity index (χ0v) is 21.2. The summed E-state index contributed by atoms with van der Waals surface area (Å²) in [5, 5.41) is 4.37. The smallest absolute Gasteiger partial charge is 0.153 e. The minimum absolute atomic E-state index is 0.0129. The van der Waals surface area contributed by atoms with Crippen molar-refractivity contribution in [3.8, 4) is 0 Å². The molecule has 4 rings (SSSR count). The summed E-state index contributed by atoms with van der Waals surface area (Å²) in [5.74, 6) is 1.73. The van der Waals surface area contributed by atoms with Crippen molar-refractivity contribution in [1.82, 2.24) is 0 Å². The molecule has 2 nitrogen and oxygen atoms in total. The molecule has 2 aromatic rings. The van der Waals surface area contributed by atoms with Gasteiger partial charge in [-0.2, -0.15) is 0 Å². The molecular formula is C29H38O2Si. The molecule has 1 aliphatic carbocycles. The first kappa shape index (κ1) is 23.0. The van der Waals surface area contributed by atoms with Gasteiger partial charge in [-0.25, -0.2) is 0 Å². The minimum Gasteiger partial charge on any atom is -0.495 e. The van der Waals surface area contributed by atoms with Crippen LogP contribution in [0.1, 0.15) is 72.6 Å². The molecule has 2 aliphatic rings. The number of allylic oxidation sites excluding steroid dienone is 1. The van der Waals surface area contributed by atoms with E-state index in [-0.39, 0.29) is 17.1 Å². The first-order valence-electron chi connectivity index (χ1n) is 12.3. The van der Waals surface area contributed by atoms with E-state index in [0.717, 1.165) is 25.0 Å². The van der Waals surface area contributed by atoms with Crippen LogP contribution in [-0.4, -0.2) is 20.0 Å². The third kappa shape index (κ3) is 4.24. The van der Waals surface area contributed by atoms with Gasteiger partial charge in [0, 0.05) is 18.8 Å². The van der Waals surface area contributed by atoms with Gasteiger partial charge in [-0.1, -0.05) is 101 Å². The Labute approximate surface area is 195 Å². The van der Waals surface area contributed by atoms with Crippen LogP contribution >= 0.6 is 0 Å². The van der Waals surface area contributed by atoms with Crippen molar-refractivity contribution < 1.29 is 9.53 Å². The lowest BCUT2D eigenvalue weighted by atomic mass is 9.84. The van der Waals surface area contributed by atoms with E-state index in [9.17, 15) is 4.79 Å². The summed E-state index contributed by atoms with van der Waals surface area (Å²) in [4.78, 5) is 13.1. The van der Waals surface area contributed by atoms with E-state index in [2.05, 4.69) is 88.4 Å². The average molecular weight is 447 g/mol. The lowest BCUT2D eigenvalue weighted by Crippen LogP contribution is -2.66. The fraction of sp³-hybridized carbons (Fsp3) is 0.483. The van der Waals surface area contributed by atoms with Gasteiger partial charge in [0.2, 0.25) is 0 Å². The molecule has 3 heteroatoms. The molecule has 0 saturated heterocycles. The van der Waals surface area contributed by atoms with Crippen LogP contribution in [-0.2, 0) is 9.53 Å². The molecule has 1 aliphatic heterocycles. The van der Waals surface area contributed by atoms with Crippen molar-refractivity contribution >= 4 is 24.2 Å². The maximum atomic E-state index is 13.1. The highest BCUT2D eigenvalue weighted by Gasteiger charge is 2.53. The van der Waals surface area contributed by atoms with Crippen LogP contribution in [0.2, 0.25) is 5.04 Å². The Morgan fingerprint density at radius 1 is 0.906 bits per heavy atom. The van der Waals surface area contributed by atoms with Crippen molar-refractivity contribution in [2.75, 3.05) is 0 Å². The van der Waals surface area contributed by atoms with E-state index >= 15 is 0 Å². The summed E-state index contributed by atoms with van der Waals surface area (Å²) >= 11 is 0. The second-order valence-electron chi connectivity index (χ2n) is 10.7. The Hall–Kier alpha value is -2.13. The first-order chi connectivity index (χ1) is 15.3. The third-order valence-corrected chi connectivity index (χ3v) is 13.8. The Kier molecular flexibility index (Phi) is 6.76. The Morgan fingerprint density at radius 2 is 1.44 bits per heavy atom. The predicted molar refractivity (Wildman–Crippen MR) is 136 cm³/mol. The first-order valence-corrected chi connectivity index (χ1v) is 14.3. The largest absolute Gasteiger partial charge is 0.495 e. The van der Waals surface area contributed by atoms with Crippen molar-refractivity contribution in [2.45, 2.75) is 83.8 Å². The molecule has 1 atom stereocenters. The van der Waals surface area contributed by atoms with E-state index in [4.69, 9.17) is 4.74 Å². The van der Waals surface area contributed by atoms with Crippen molar-refractivity contribution in [3.63, 3.8) is 0 Å². The Balaban J connectivity index is 1.72. The summed E-state index contributed by atoms with van der Waals surface area (Å²) in [6, 6.07) is 22.1. The zero-order valence-electron chi connectivity index (χ0n) is 20.2.